The van der Waals surface area contributed by atoms with Gasteiger partial charge in [0.05, 0.1) is 28.0 Å². The Bertz CT molecular complexity index is 1200. The van der Waals surface area contributed by atoms with Crippen LogP contribution < -0.4 is 11.1 Å². The quantitative estimate of drug-likeness (QED) is 0.431. The monoisotopic (exact) mass is 470 g/mol. The van der Waals surface area contributed by atoms with Gasteiger partial charge in [-0.2, -0.15) is 5.10 Å². The molecular weight excluding hydrogens is 448 g/mol. The second kappa shape index (κ2) is 9.10. The lowest BCUT2D eigenvalue weighted by Gasteiger charge is -2.19. The number of halogens is 1. The minimum Gasteiger partial charge on any atom is -0.478 e. The van der Waals surface area contributed by atoms with Gasteiger partial charge in [0.2, 0.25) is 0 Å². The molecule has 0 spiro atoms. The highest BCUT2D eigenvalue weighted by Crippen LogP contribution is 2.38. The molecule has 3 aromatic rings. The molecule has 0 radical (unpaired) electrons. The molecular formula is C23H23ClN4O3S. The van der Waals surface area contributed by atoms with E-state index in [2.05, 4.69) is 49.9 Å². The first-order chi connectivity index (χ1) is 15.0. The molecule has 1 heterocycles. The van der Waals surface area contributed by atoms with Crippen LogP contribution in [0.5, 0.6) is 0 Å². The number of carbonyl (C=O) groups is 2. The molecule has 0 saturated heterocycles. The van der Waals surface area contributed by atoms with Gasteiger partial charge in [-0.3, -0.25) is 4.79 Å². The number of primary amides is 1. The Hall–Kier alpha value is -3.23. The lowest BCUT2D eigenvalue weighted by molar-refractivity contribution is 0.0696. The zero-order valence-corrected chi connectivity index (χ0v) is 19.4. The van der Waals surface area contributed by atoms with Crippen molar-refractivity contribution in [3.8, 4) is 0 Å². The molecule has 0 bridgehead atoms. The highest BCUT2D eigenvalue weighted by atomic mass is 35.5. The van der Waals surface area contributed by atoms with Gasteiger partial charge in [-0.05, 0) is 35.2 Å². The highest BCUT2D eigenvalue weighted by Gasteiger charge is 2.17. The fraction of sp³-hybridized carbons (Fsp3) is 0.174. The van der Waals surface area contributed by atoms with Crippen molar-refractivity contribution in [1.82, 2.24) is 9.78 Å². The zero-order valence-electron chi connectivity index (χ0n) is 17.8. The van der Waals surface area contributed by atoms with E-state index in [9.17, 15) is 9.59 Å². The molecule has 0 atom stereocenters. The van der Waals surface area contributed by atoms with E-state index in [0.717, 1.165) is 4.90 Å². The molecule has 1 aromatic heterocycles. The van der Waals surface area contributed by atoms with Gasteiger partial charge in [0.15, 0.2) is 0 Å². The Morgan fingerprint density at radius 2 is 1.88 bits per heavy atom. The summed E-state index contributed by atoms with van der Waals surface area (Å²) < 4.78 is 1.25. The number of aromatic carboxylic acids is 1. The zero-order chi connectivity index (χ0) is 23.6. The van der Waals surface area contributed by atoms with Crippen LogP contribution in [0.3, 0.4) is 0 Å². The number of carboxylic acids is 1. The average molecular weight is 471 g/mol. The largest absolute Gasteiger partial charge is 0.478 e. The Balaban J connectivity index is 1.86. The molecule has 0 aliphatic carbocycles. The first-order valence-corrected chi connectivity index (χ1v) is 10.8. The van der Waals surface area contributed by atoms with E-state index in [0.29, 0.717) is 15.6 Å². The molecule has 166 valence electrons. The van der Waals surface area contributed by atoms with Gasteiger partial charge in [-0.15, -0.1) is 0 Å². The molecule has 32 heavy (non-hydrogen) atoms. The minimum atomic E-state index is -1.11. The summed E-state index contributed by atoms with van der Waals surface area (Å²) in [4.78, 5) is 24.8. The lowest BCUT2D eigenvalue weighted by atomic mass is 9.87. The molecule has 9 heteroatoms. The van der Waals surface area contributed by atoms with Crippen LogP contribution in [0.15, 0.2) is 65.2 Å². The van der Waals surface area contributed by atoms with Crippen LogP contribution in [0.4, 0.5) is 5.69 Å². The molecule has 0 saturated carbocycles. The van der Waals surface area contributed by atoms with Crippen molar-refractivity contribution >= 4 is 46.7 Å². The van der Waals surface area contributed by atoms with E-state index in [1.807, 2.05) is 12.1 Å². The van der Waals surface area contributed by atoms with Crippen molar-refractivity contribution < 1.29 is 14.7 Å². The fourth-order valence-electron chi connectivity index (χ4n) is 2.88. The fourth-order valence-corrected chi connectivity index (χ4v) is 4.02. The predicted octanol–water partition coefficient (Wildman–Crippen LogP) is 5.32. The van der Waals surface area contributed by atoms with Crippen LogP contribution in [0.1, 0.15) is 47.1 Å². The molecule has 0 aliphatic rings. The number of hydrogen-bond donors (Lipinski definition) is 3. The Labute approximate surface area is 195 Å². The molecule has 0 fully saturated rings. The number of nitrogens with two attached hydrogens (primary N) is 1. The Morgan fingerprint density at radius 1 is 1.22 bits per heavy atom. The summed E-state index contributed by atoms with van der Waals surface area (Å²) in [6, 6.07) is 11.4. The smallest absolute Gasteiger partial charge is 0.338 e. The van der Waals surface area contributed by atoms with Gasteiger partial charge < -0.3 is 16.2 Å². The molecule has 3 rings (SSSR count). The van der Waals surface area contributed by atoms with E-state index in [1.165, 1.54) is 34.4 Å². The van der Waals surface area contributed by atoms with Crippen LogP contribution in [-0.4, -0.2) is 26.8 Å². The third-order valence-electron chi connectivity index (χ3n) is 4.67. The van der Waals surface area contributed by atoms with Crippen molar-refractivity contribution in [3.05, 3.63) is 77.1 Å². The predicted molar refractivity (Wildman–Crippen MR) is 127 cm³/mol. The van der Waals surface area contributed by atoms with Crippen molar-refractivity contribution in [3.63, 3.8) is 0 Å². The molecule has 7 nitrogen and oxygen atoms in total. The topological polar surface area (TPSA) is 110 Å². The van der Waals surface area contributed by atoms with Gasteiger partial charge >= 0.3 is 5.97 Å². The Morgan fingerprint density at radius 3 is 2.41 bits per heavy atom. The van der Waals surface area contributed by atoms with Crippen molar-refractivity contribution in [2.45, 2.75) is 36.0 Å². The number of carboxylic acid groups (broad SMARTS) is 1. The van der Waals surface area contributed by atoms with Crippen LogP contribution >= 0.6 is 23.4 Å². The summed E-state index contributed by atoms with van der Waals surface area (Å²) >= 11 is 7.92. The first kappa shape index (κ1) is 23.4. The Kier molecular flexibility index (Phi) is 6.66. The normalized spacial score (nSPS) is 11.2. The number of amides is 1. The third-order valence-corrected chi connectivity index (χ3v) is 6.16. The summed E-state index contributed by atoms with van der Waals surface area (Å²) in [6.07, 6.45) is 2.50. The van der Waals surface area contributed by atoms with Gasteiger partial charge in [0, 0.05) is 16.0 Å². The number of nitrogens with zero attached hydrogens (tertiary/aromatic N) is 2. The average Bonchev–Trinajstić information content (AvgIpc) is 3.20. The number of rotatable bonds is 7. The molecule has 4 N–H and O–H groups in total. The molecule has 1 amide bonds. The number of benzene rings is 2. The van der Waals surface area contributed by atoms with Crippen molar-refractivity contribution in [2.24, 2.45) is 5.73 Å². The second-order valence-corrected chi connectivity index (χ2v) is 9.64. The first-order valence-electron chi connectivity index (χ1n) is 9.61. The number of aromatic nitrogens is 2. The van der Waals surface area contributed by atoms with Crippen LogP contribution in [0, 0.1) is 0 Å². The van der Waals surface area contributed by atoms with Crippen LogP contribution in [0.25, 0.3) is 5.82 Å². The van der Waals surface area contributed by atoms with Crippen molar-refractivity contribution in [2.75, 3.05) is 5.32 Å². The van der Waals surface area contributed by atoms with Gasteiger partial charge in [-0.1, -0.05) is 62.8 Å². The number of anilines is 1. The number of nitrogens with one attached hydrogen (secondary N) is 1. The van der Waals surface area contributed by atoms with Gasteiger partial charge in [0.25, 0.3) is 5.91 Å². The highest BCUT2D eigenvalue weighted by molar-refractivity contribution is 7.99. The standard InChI is InChI=1S/C23H23ClN4O3S/c1-13(28-12-14(11-26-28)22(30)31)27-19-10-18(24)20(9-17(19)21(25)29)32-16-7-5-15(6-8-16)23(2,3)4/h5-12,27H,1H2,2-4H3,(H2,25,29)(H,30,31). The summed E-state index contributed by atoms with van der Waals surface area (Å²) in [7, 11) is 0. The molecule has 0 aliphatic heterocycles. The molecule has 2 aromatic carbocycles. The number of carbonyl (C=O) groups excluding carboxylic acids is 1. The minimum absolute atomic E-state index is 0.00494. The maximum atomic E-state index is 12.1. The summed E-state index contributed by atoms with van der Waals surface area (Å²) in [5.74, 6) is -1.52. The summed E-state index contributed by atoms with van der Waals surface area (Å²) in [5, 5.41) is 16.3. The second-order valence-electron chi connectivity index (χ2n) is 8.12. The SMILES string of the molecule is C=C(Nc1cc(Cl)c(Sc2ccc(C(C)(C)C)cc2)cc1C(N)=O)n1cc(C(=O)O)cn1. The van der Waals surface area contributed by atoms with E-state index in [-0.39, 0.29) is 22.4 Å². The van der Waals surface area contributed by atoms with Crippen molar-refractivity contribution in [1.29, 1.82) is 0 Å². The van der Waals surface area contributed by atoms with Gasteiger partial charge in [-0.25, -0.2) is 9.48 Å². The maximum absolute atomic E-state index is 12.1. The van der Waals surface area contributed by atoms with E-state index < -0.39 is 11.9 Å². The summed E-state index contributed by atoms with van der Waals surface area (Å²) in [6.45, 7) is 10.3. The van der Waals surface area contributed by atoms with E-state index in [4.69, 9.17) is 22.4 Å². The maximum Gasteiger partial charge on any atom is 0.338 e. The van der Waals surface area contributed by atoms with Crippen LogP contribution in [0.2, 0.25) is 5.02 Å². The number of hydrogen-bond acceptors (Lipinski definition) is 5. The molecule has 0 unspecified atom stereocenters. The lowest BCUT2D eigenvalue weighted by Crippen LogP contribution is -2.16. The summed E-state index contributed by atoms with van der Waals surface area (Å²) in [5.41, 5.74) is 7.42. The van der Waals surface area contributed by atoms with E-state index >= 15 is 0 Å². The van der Waals surface area contributed by atoms with Gasteiger partial charge in [0.1, 0.15) is 5.82 Å². The van der Waals surface area contributed by atoms with E-state index in [1.54, 1.807) is 12.1 Å². The third kappa shape index (κ3) is 5.33. The van der Waals surface area contributed by atoms with Crippen LogP contribution in [-0.2, 0) is 5.41 Å².